The van der Waals surface area contributed by atoms with Crippen LogP contribution in [0, 0.1) is 0 Å². The summed E-state index contributed by atoms with van der Waals surface area (Å²) in [5.74, 6) is -2.41. The van der Waals surface area contributed by atoms with Gasteiger partial charge < -0.3 is 33.8 Å². The molecule has 5 unspecified atom stereocenters. The topological polar surface area (TPSA) is 237 Å². The Morgan fingerprint density at radius 2 is 0.519 bits per heavy atom. The van der Waals surface area contributed by atoms with Crippen LogP contribution in [-0.2, 0) is 65.4 Å². The minimum absolute atomic E-state index is 0.0571. The van der Waals surface area contributed by atoms with Gasteiger partial charge in [-0.3, -0.25) is 37.3 Å². The van der Waals surface area contributed by atoms with Crippen LogP contribution in [0.3, 0.4) is 0 Å². The molecule has 610 valence electrons. The zero-order valence-corrected chi connectivity index (χ0v) is 68.5. The minimum Gasteiger partial charge on any atom is -0.462 e. The van der Waals surface area contributed by atoms with Crippen molar-refractivity contribution in [3.63, 3.8) is 0 Å². The summed E-state index contributed by atoms with van der Waals surface area (Å²) in [5.41, 5.74) is 0. The number of phosphoric acid groups is 2. The number of allylic oxidation sites excluding steroid dienone is 31. The van der Waals surface area contributed by atoms with Gasteiger partial charge in [0.05, 0.1) is 32.8 Å². The van der Waals surface area contributed by atoms with Crippen molar-refractivity contribution in [2.45, 2.75) is 303 Å². The Bertz CT molecular complexity index is 2810. The van der Waals surface area contributed by atoms with Gasteiger partial charge >= 0.3 is 39.5 Å². The molecule has 0 spiro atoms. The van der Waals surface area contributed by atoms with Crippen molar-refractivity contribution < 1.29 is 80.2 Å². The molecule has 0 rings (SSSR count). The minimum atomic E-state index is -5.02. The highest BCUT2D eigenvalue weighted by atomic mass is 31.2. The van der Waals surface area contributed by atoms with Crippen LogP contribution in [0.25, 0.3) is 0 Å². The van der Waals surface area contributed by atoms with E-state index in [1.807, 2.05) is 12.2 Å². The van der Waals surface area contributed by atoms with Crippen molar-refractivity contribution in [1.29, 1.82) is 0 Å². The summed E-state index contributed by atoms with van der Waals surface area (Å²) in [4.78, 5) is 73.1. The number of aliphatic hydroxyl groups is 1. The number of hydrogen-bond donors (Lipinski definition) is 3. The molecule has 0 saturated heterocycles. The molecule has 0 heterocycles. The molecule has 0 saturated carbocycles. The van der Waals surface area contributed by atoms with Crippen molar-refractivity contribution in [2.24, 2.45) is 0 Å². The smallest absolute Gasteiger partial charge is 0.462 e. The van der Waals surface area contributed by atoms with Crippen LogP contribution in [0.1, 0.15) is 285 Å². The summed E-state index contributed by atoms with van der Waals surface area (Å²) in [6.07, 6.45) is 97.2. The van der Waals surface area contributed by atoms with E-state index in [0.717, 1.165) is 186 Å². The summed E-state index contributed by atoms with van der Waals surface area (Å²) in [5, 5.41) is 10.7. The van der Waals surface area contributed by atoms with E-state index in [2.05, 4.69) is 198 Å². The van der Waals surface area contributed by atoms with E-state index < -0.39 is 97.5 Å². The zero-order chi connectivity index (χ0) is 78.9. The average molecular weight is 1550 g/mol. The predicted molar refractivity (Wildman–Crippen MR) is 445 cm³/mol. The molecule has 3 N–H and O–H groups in total. The van der Waals surface area contributed by atoms with E-state index in [1.54, 1.807) is 12.2 Å². The van der Waals surface area contributed by atoms with E-state index >= 15 is 0 Å². The summed E-state index contributed by atoms with van der Waals surface area (Å²) < 4.78 is 68.5. The summed E-state index contributed by atoms with van der Waals surface area (Å²) in [6, 6.07) is 0. The van der Waals surface area contributed by atoms with Crippen LogP contribution in [0.5, 0.6) is 0 Å². The zero-order valence-electron chi connectivity index (χ0n) is 66.7. The van der Waals surface area contributed by atoms with E-state index in [4.69, 9.17) is 37.0 Å². The van der Waals surface area contributed by atoms with Crippen LogP contribution in [0.4, 0.5) is 0 Å². The summed E-state index contributed by atoms with van der Waals surface area (Å²) in [7, 11) is -10.0. The standard InChI is InChI=1S/C89H142O17P2/c1-5-9-13-17-21-25-29-33-37-39-41-43-47-49-53-57-61-65-69-73-86(91)99-79-84(105-88(93)75-71-67-63-59-55-51-45-35-31-27-23-19-15-11-7-3)81-103-107(95,96)101-77-83(90)78-102-108(97,98)104-82-85(106-89(94)76-72-68-64-60-56-52-46-36-32-28-24-20-16-12-8-4)80-100-87(92)74-70-66-62-58-54-50-48-44-42-40-38-34-30-26-22-18-14-10-6-2/h9,11-13,15-16,21-28,33-38,41-46,49,53,56,60,68,72,83-85,90H,5-8,10,14,17-20,29-32,39-40,47-48,50-52,54-55,57-59,61-67,69-71,73-82H2,1-4H3,(H,95,96)(H,97,98)/b13-9-,15-11-,16-12-,25-21-,26-22-,27-23-,28-24-,37-33-,38-34-,43-41-,44-42-,45-35-,46-36-,53-49-,60-56-,72-68-. The lowest BCUT2D eigenvalue weighted by molar-refractivity contribution is -0.161. The van der Waals surface area contributed by atoms with E-state index in [-0.39, 0.29) is 25.7 Å². The third kappa shape index (κ3) is 78.0. The fraction of sp³-hybridized carbons (Fsp3) is 0.596. The Balaban J connectivity index is 5.50. The summed E-state index contributed by atoms with van der Waals surface area (Å²) in [6.45, 7) is 4.30. The third-order valence-electron chi connectivity index (χ3n) is 16.1. The Kier molecular flexibility index (Phi) is 74.5. The van der Waals surface area contributed by atoms with Crippen molar-refractivity contribution in [3.8, 4) is 0 Å². The number of carbonyl (C=O) groups is 4. The number of phosphoric ester groups is 2. The second-order valence-electron chi connectivity index (χ2n) is 26.2. The average Bonchev–Trinajstić information content (AvgIpc) is 0.923. The molecule has 0 aromatic carbocycles. The van der Waals surface area contributed by atoms with Crippen LogP contribution in [0.15, 0.2) is 194 Å². The Labute approximate surface area is 653 Å². The maximum Gasteiger partial charge on any atom is 0.472 e. The first-order valence-corrected chi connectivity index (χ1v) is 43.7. The number of rotatable bonds is 74. The van der Waals surface area contributed by atoms with Crippen LogP contribution >= 0.6 is 15.6 Å². The lowest BCUT2D eigenvalue weighted by atomic mass is 10.1. The first kappa shape index (κ1) is 102. The number of carbonyl (C=O) groups excluding carboxylic acids is 4. The molecule has 0 aliphatic rings. The lowest BCUT2D eigenvalue weighted by Crippen LogP contribution is -2.30. The molecular weight excluding hydrogens is 1400 g/mol. The first-order chi connectivity index (χ1) is 52.7. The molecule has 0 aromatic heterocycles. The molecule has 17 nitrogen and oxygen atoms in total. The van der Waals surface area contributed by atoms with E-state index in [1.165, 1.54) is 19.3 Å². The van der Waals surface area contributed by atoms with Crippen molar-refractivity contribution in [2.75, 3.05) is 39.6 Å². The Hall–Kier alpha value is -6.10. The van der Waals surface area contributed by atoms with Crippen molar-refractivity contribution >= 4 is 39.5 Å². The van der Waals surface area contributed by atoms with Gasteiger partial charge in [0.15, 0.2) is 12.2 Å². The predicted octanol–water partition coefficient (Wildman–Crippen LogP) is 24.1. The van der Waals surface area contributed by atoms with Gasteiger partial charge in [-0.1, -0.05) is 286 Å². The number of hydrogen-bond acceptors (Lipinski definition) is 15. The molecule has 0 aromatic rings. The molecule has 0 amide bonds. The Morgan fingerprint density at radius 3 is 0.833 bits per heavy atom. The van der Waals surface area contributed by atoms with Crippen molar-refractivity contribution in [3.05, 3.63) is 194 Å². The quantitative estimate of drug-likeness (QED) is 0.0169. The maximum atomic E-state index is 13.1. The fourth-order valence-electron chi connectivity index (χ4n) is 9.99. The monoisotopic (exact) mass is 1540 g/mol. The molecule has 0 fully saturated rings. The van der Waals surface area contributed by atoms with Crippen molar-refractivity contribution in [1.82, 2.24) is 0 Å². The second kappa shape index (κ2) is 79.0. The highest BCUT2D eigenvalue weighted by molar-refractivity contribution is 7.47. The molecule has 0 aliphatic carbocycles. The second-order valence-corrected chi connectivity index (χ2v) is 29.1. The number of aliphatic hydroxyl groups excluding tert-OH is 1. The maximum absolute atomic E-state index is 13.1. The molecule has 0 bridgehead atoms. The number of unbranched alkanes of at least 4 members (excludes halogenated alkanes) is 17. The van der Waals surface area contributed by atoms with Crippen LogP contribution in [0.2, 0.25) is 0 Å². The normalized spacial score (nSPS) is 14.8. The van der Waals surface area contributed by atoms with Gasteiger partial charge in [-0.2, -0.15) is 0 Å². The van der Waals surface area contributed by atoms with Gasteiger partial charge in [0.1, 0.15) is 19.3 Å². The lowest BCUT2D eigenvalue weighted by Gasteiger charge is -2.21. The van der Waals surface area contributed by atoms with Crippen LogP contribution in [-0.4, -0.2) is 96.7 Å². The highest BCUT2D eigenvalue weighted by Gasteiger charge is 2.30. The third-order valence-corrected chi connectivity index (χ3v) is 18.0. The molecule has 19 heteroatoms. The van der Waals surface area contributed by atoms with E-state index in [9.17, 15) is 43.2 Å². The first-order valence-electron chi connectivity index (χ1n) is 40.7. The van der Waals surface area contributed by atoms with E-state index in [0.29, 0.717) is 25.7 Å². The van der Waals surface area contributed by atoms with Gasteiger partial charge in [0.2, 0.25) is 0 Å². The molecule has 0 aliphatic heterocycles. The number of esters is 4. The van der Waals surface area contributed by atoms with Gasteiger partial charge in [-0.05, 0) is 167 Å². The van der Waals surface area contributed by atoms with Gasteiger partial charge in [0, 0.05) is 19.3 Å². The summed E-state index contributed by atoms with van der Waals surface area (Å²) >= 11 is 0. The largest absolute Gasteiger partial charge is 0.472 e. The highest BCUT2D eigenvalue weighted by Crippen LogP contribution is 2.45. The number of ether oxygens (including phenoxy) is 4. The molecule has 5 atom stereocenters. The van der Waals surface area contributed by atoms with Crippen LogP contribution < -0.4 is 0 Å². The van der Waals surface area contributed by atoms with Gasteiger partial charge in [-0.15, -0.1) is 0 Å². The Morgan fingerprint density at radius 1 is 0.278 bits per heavy atom. The fourth-order valence-corrected chi connectivity index (χ4v) is 11.6. The van der Waals surface area contributed by atoms with Gasteiger partial charge in [0.25, 0.3) is 0 Å². The van der Waals surface area contributed by atoms with Gasteiger partial charge in [-0.25, -0.2) is 9.13 Å². The molecular formula is C89H142O17P2. The molecule has 108 heavy (non-hydrogen) atoms. The molecule has 0 radical (unpaired) electrons. The SMILES string of the molecule is CC/C=C\C/C=C\C/C=C\C/C=C\C/C=C\CCCCCC(=O)OCC(COP(=O)(O)OCC(O)COP(=O)(O)OCC(COC(=O)CCCCCCCC/C=C\C/C=C\C/C=C\CCCCC)OC(=O)C/C=C\C/C=C\C/C=C\C/C=C\C/C=C\CC)OC(=O)CCCCCCC/C=C\C/C=C\C/C=C\CC.